The number of hydrogen-bond acceptors (Lipinski definition) is 3. The number of carbonyl (C=O) groups excluding carboxylic acids is 1. The van der Waals surface area contributed by atoms with Crippen LogP contribution in [-0.4, -0.2) is 12.1 Å². The summed E-state index contributed by atoms with van der Waals surface area (Å²) in [5.41, 5.74) is 4.43. The van der Waals surface area contributed by atoms with Crippen molar-refractivity contribution in [1.82, 2.24) is 5.43 Å². The van der Waals surface area contributed by atoms with Crippen molar-refractivity contribution in [1.29, 1.82) is 0 Å². The van der Waals surface area contributed by atoms with Crippen LogP contribution in [0.25, 0.3) is 0 Å². The zero-order valence-electron chi connectivity index (χ0n) is 14.5. The maximum Gasteiger partial charge on any atom is 0.271 e. The van der Waals surface area contributed by atoms with Crippen LogP contribution in [0.4, 0.5) is 4.39 Å². The summed E-state index contributed by atoms with van der Waals surface area (Å²) < 4.78 is 19.8. The Morgan fingerprint density at radius 1 is 1.11 bits per heavy atom. The van der Waals surface area contributed by atoms with Crippen molar-refractivity contribution in [3.8, 4) is 5.75 Å². The molecule has 3 aromatic rings. The van der Waals surface area contributed by atoms with Gasteiger partial charge in [-0.1, -0.05) is 23.7 Å². The molecular weight excluding hydrogens is 494 g/mol. The van der Waals surface area contributed by atoms with Crippen molar-refractivity contribution in [3.05, 3.63) is 97.8 Å². The van der Waals surface area contributed by atoms with E-state index in [4.69, 9.17) is 16.3 Å². The SMILES string of the molecule is O=C(N/N=C\c1cc(Cl)ccc1OCc1ccc(F)cc1)c1ccc(I)cc1. The van der Waals surface area contributed by atoms with E-state index in [1.807, 2.05) is 12.1 Å². The molecular formula is C21H15ClFIN2O2. The van der Waals surface area contributed by atoms with Crippen LogP contribution in [0.3, 0.4) is 0 Å². The fourth-order valence-electron chi connectivity index (χ4n) is 2.32. The predicted molar refractivity (Wildman–Crippen MR) is 116 cm³/mol. The summed E-state index contributed by atoms with van der Waals surface area (Å²) in [5.74, 6) is -0.0728. The summed E-state index contributed by atoms with van der Waals surface area (Å²) in [4.78, 5) is 12.1. The molecule has 0 radical (unpaired) electrons. The third-order valence-corrected chi connectivity index (χ3v) is 4.71. The molecule has 28 heavy (non-hydrogen) atoms. The largest absolute Gasteiger partial charge is 0.488 e. The molecule has 0 saturated carbocycles. The second-order valence-corrected chi connectivity index (χ2v) is 7.49. The van der Waals surface area contributed by atoms with Crippen molar-refractivity contribution < 1.29 is 13.9 Å². The number of amides is 1. The number of nitrogens with zero attached hydrogens (tertiary/aromatic N) is 1. The number of nitrogens with one attached hydrogen (secondary N) is 1. The zero-order valence-corrected chi connectivity index (χ0v) is 17.4. The monoisotopic (exact) mass is 508 g/mol. The molecule has 0 atom stereocenters. The molecule has 4 nitrogen and oxygen atoms in total. The van der Waals surface area contributed by atoms with E-state index in [9.17, 15) is 9.18 Å². The second kappa shape index (κ2) is 9.66. The molecule has 1 amide bonds. The molecule has 0 aliphatic heterocycles. The number of hydrogen-bond donors (Lipinski definition) is 1. The molecule has 0 aromatic heterocycles. The first kappa shape index (κ1) is 20.3. The normalized spacial score (nSPS) is 10.8. The standard InChI is InChI=1S/C21H15ClFIN2O2/c22-17-5-10-20(28-13-14-1-6-18(23)7-2-14)16(11-17)12-25-26-21(27)15-3-8-19(24)9-4-15/h1-12H,13H2,(H,26,27)/b25-12-. The van der Waals surface area contributed by atoms with Crippen LogP contribution in [0.15, 0.2) is 71.8 Å². The third kappa shape index (κ3) is 5.77. The molecule has 0 fully saturated rings. The van der Waals surface area contributed by atoms with E-state index in [2.05, 4.69) is 33.1 Å². The molecule has 142 valence electrons. The van der Waals surface area contributed by atoms with Gasteiger partial charge >= 0.3 is 0 Å². The highest BCUT2D eigenvalue weighted by atomic mass is 127. The lowest BCUT2D eigenvalue weighted by Crippen LogP contribution is -2.17. The number of hydrazone groups is 1. The van der Waals surface area contributed by atoms with Gasteiger partial charge in [-0.3, -0.25) is 4.79 Å². The Kier molecular flexibility index (Phi) is 7.00. The van der Waals surface area contributed by atoms with Crippen molar-refractivity contribution >= 4 is 46.3 Å². The molecule has 7 heteroatoms. The third-order valence-electron chi connectivity index (χ3n) is 3.76. The number of halogens is 3. The molecule has 0 unspecified atom stereocenters. The Balaban J connectivity index is 1.67. The molecule has 1 N–H and O–H groups in total. The van der Waals surface area contributed by atoms with E-state index < -0.39 is 0 Å². The highest BCUT2D eigenvalue weighted by Gasteiger charge is 2.06. The van der Waals surface area contributed by atoms with Gasteiger partial charge in [0, 0.05) is 19.7 Å². The molecule has 3 aromatic carbocycles. The minimum Gasteiger partial charge on any atom is -0.488 e. The molecule has 0 aliphatic rings. The topological polar surface area (TPSA) is 50.7 Å². The van der Waals surface area contributed by atoms with Gasteiger partial charge in [0.2, 0.25) is 0 Å². The summed E-state index contributed by atoms with van der Waals surface area (Å²) in [6, 6.07) is 18.3. The summed E-state index contributed by atoms with van der Waals surface area (Å²) in [6.45, 7) is 0.262. The Morgan fingerprint density at radius 2 is 1.82 bits per heavy atom. The number of ether oxygens (including phenoxy) is 1. The average molecular weight is 509 g/mol. The Morgan fingerprint density at radius 3 is 2.54 bits per heavy atom. The Hall–Kier alpha value is -2.45. The lowest BCUT2D eigenvalue weighted by molar-refractivity contribution is 0.0955. The lowest BCUT2D eigenvalue weighted by atomic mass is 10.2. The van der Waals surface area contributed by atoms with Crippen molar-refractivity contribution in [2.75, 3.05) is 0 Å². The van der Waals surface area contributed by atoms with Crippen LogP contribution < -0.4 is 10.2 Å². The Bertz CT molecular complexity index is 992. The van der Waals surface area contributed by atoms with Gasteiger partial charge in [-0.15, -0.1) is 0 Å². The van der Waals surface area contributed by atoms with Gasteiger partial charge in [-0.2, -0.15) is 5.10 Å². The average Bonchev–Trinajstić information content (AvgIpc) is 2.69. The molecule has 3 rings (SSSR count). The highest BCUT2D eigenvalue weighted by Crippen LogP contribution is 2.22. The fourth-order valence-corrected chi connectivity index (χ4v) is 2.86. The first-order valence-corrected chi connectivity index (χ1v) is 9.73. The van der Waals surface area contributed by atoms with Crippen LogP contribution in [0.2, 0.25) is 5.02 Å². The molecule has 0 saturated heterocycles. The maximum absolute atomic E-state index is 13.0. The molecule has 0 bridgehead atoms. The second-order valence-electron chi connectivity index (χ2n) is 5.80. The number of benzene rings is 3. The van der Waals surface area contributed by atoms with Gasteiger partial charge in [0.15, 0.2) is 0 Å². The van der Waals surface area contributed by atoms with Crippen LogP contribution in [0, 0.1) is 9.39 Å². The van der Waals surface area contributed by atoms with Crippen molar-refractivity contribution in [2.45, 2.75) is 6.61 Å². The van der Waals surface area contributed by atoms with Crippen molar-refractivity contribution in [2.24, 2.45) is 5.10 Å². The van der Waals surface area contributed by atoms with Gasteiger partial charge in [0.05, 0.1) is 6.21 Å². The van der Waals surface area contributed by atoms with E-state index in [1.165, 1.54) is 18.3 Å². The summed E-state index contributed by atoms with van der Waals surface area (Å²) in [7, 11) is 0. The predicted octanol–water partition coefficient (Wildman–Crippen LogP) is 5.43. The smallest absolute Gasteiger partial charge is 0.271 e. The Labute approximate surface area is 180 Å². The fraction of sp³-hybridized carbons (Fsp3) is 0.0476. The summed E-state index contributed by atoms with van der Waals surface area (Å²) in [6.07, 6.45) is 1.47. The first-order chi connectivity index (χ1) is 13.5. The molecule has 0 heterocycles. The van der Waals surface area contributed by atoms with Gasteiger partial charge < -0.3 is 4.74 Å². The van der Waals surface area contributed by atoms with E-state index in [1.54, 1.807) is 42.5 Å². The minimum absolute atomic E-state index is 0.262. The van der Waals surface area contributed by atoms with Crippen LogP contribution in [0.5, 0.6) is 5.75 Å². The van der Waals surface area contributed by atoms with Gasteiger partial charge in [0.1, 0.15) is 18.2 Å². The highest BCUT2D eigenvalue weighted by molar-refractivity contribution is 14.1. The van der Waals surface area contributed by atoms with Crippen molar-refractivity contribution in [3.63, 3.8) is 0 Å². The zero-order chi connectivity index (χ0) is 19.9. The summed E-state index contributed by atoms with van der Waals surface area (Å²) in [5, 5.41) is 4.51. The minimum atomic E-state index is -0.316. The molecule has 0 aliphatic carbocycles. The first-order valence-electron chi connectivity index (χ1n) is 8.27. The van der Waals surface area contributed by atoms with Crippen LogP contribution in [0.1, 0.15) is 21.5 Å². The summed E-state index contributed by atoms with van der Waals surface area (Å²) >= 11 is 8.23. The maximum atomic E-state index is 13.0. The lowest BCUT2D eigenvalue weighted by Gasteiger charge is -2.09. The van der Waals surface area contributed by atoms with E-state index in [-0.39, 0.29) is 18.3 Å². The number of rotatable bonds is 6. The molecule has 0 spiro atoms. The van der Waals surface area contributed by atoms with E-state index in [0.29, 0.717) is 21.9 Å². The van der Waals surface area contributed by atoms with E-state index in [0.717, 1.165) is 9.13 Å². The quantitative estimate of drug-likeness (QED) is 0.274. The van der Waals surface area contributed by atoms with E-state index >= 15 is 0 Å². The van der Waals surface area contributed by atoms with Gasteiger partial charge in [0.25, 0.3) is 5.91 Å². The van der Waals surface area contributed by atoms with Crippen LogP contribution >= 0.6 is 34.2 Å². The van der Waals surface area contributed by atoms with Gasteiger partial charge in [-0.25, -0.2) is 9.82 Å². The van der Waals surface area contributed by atoms with Crippen LogP contribution in [-0.2, 0) is 6.61 Å². The van der Waals surface area contributed by atoms with Gasteiger partial charge in [-0.05, 0) is 82.8 Å². The number of carbonyl (C=O) groups is 1.